The number of Topliss-reactive ketones (excluding diaryl/α,β-unsaturated/α-hetero) is 1. The van der Waals surface area contributed by atoms with Gasteiger partial charge in [0.25, 0.3) is 0 Å². The fraction of sp³-hybridized carbons (Fsp3) is 0.111. The minimum atomic E-state index is -0.212. The summed E-state index contributed by atoms with van der Waals surface area (Å²) in [5, 5.41) is 7.38. The number of nitrogens with zero attached hydrogens (tertiary/aromatic N) is 3. The third kappa shape index (κ3) is 4.51. The maximum absolute atomic E-state index is 12.1. The molecule has 126 valence electrons. The van der Waals surface area contributed by atoms with Crippen LogP contribution in [0.15, 0.2) is 61.2 Å². The predicted molar refractivity (Wildman–Crippen MR) is 95.0 cm³/mol. The Morgan fingerprint density at radius 2 is 1.72 bits per heavy atom. The molecule has 2 aromatic carbocycles. The number of aromatic nitrogens is 3. The van der Waals surface area contributed by atoms with Crippen LogP contribution in [0.2, 0.25) is 5.02 Å². The maximum Gasteiger partial charge on any atom is 0.224 e. The van der Waals surface area contributed by atoms with Crippen LogP contribution in [0.3, 0.4) is 0 Å². The van der Waals surface area contributed by atoms with E-state index in [1.807, 2.05) is 12.1 Å². The zero-order valence-electron chi connectivity index (χ0n) is 13.2. The summed E-state index contributed by atoms with van der Waals surface area (Å²) in [5.41, 5.74) is 2.05. The van der Waals surface area contributed by atoms with E-state index in [0.717, 1.165) is 5.69 Å². The van der Waals surface area contributed by atoms with Crippen LogP contribution in [0.25, 0.3) is 5.69 Å². The van der Waals surface area contributed by atoms with E-state index >= 15 is 0 Å². The van der Waals surface area contributed by atoms with Crippen molar-refractivity contribution in [3.63, 3.8) is 0 Å². The molecule has 0 bridgehead atoms. The SMILES string of the molecule is O=C(CCC(=O)c1ccc(Cl)cc1)Nc1ccc(-n2cncn2)cc1. The summed E-state index contributed by atoms with van der Waals surface area (Å²) in [5.74, 6) is -0.302. The molecule has 0 spiro atoms. The van der Waals surface area contributed by atoms with Gasteiger partial charge in [-0.05, 0) is 48.5 Å². The van der Waals surface area contributed by atoms with Crippen LogP contribution in [0, 0.1) is 0 Å². The summed E-state index contributed by atoms with van der Waals surface area (Å²) in [6.07, 6.45) is 3.31. The van der Waals surface area contributed by atoms with Gasteiger partial charge in [-0.3, -0.25) is 9.59 Å². The van der Waals surface area contributed by atoms with Crippen molar-refractivity contribution < 1.29 is 9.59 Å². The van der Waals surface area contributed by atoms with Gasteiger partial charge in [-0.25, -0.2) is 9.67 Å². The highest BCUT2D eigenvalue weighted by atomic mass is 35.5. The second-order valence-electron chi connectivity index (χ2n) is 5.37. The Balaban J connectivity index is 1.52. The maximum atomic E-state index is 12.1. The van der Waals surface area contributed by atoms with Crippen molar-refractivity contribution in [2.24, 2.45) is 0 Å². The van der Waals surface area contributed by atoms with E-state index in [4.69, 9.17) is 11.6 Å². The smallest absolute Gasteiger partial charge is 0.224 e. The van der Waals surface area contributed by atoms with Crippen molar-refractivity contribution in [1.29, 1.82) is 0 Å². The molecule has 0 saturated heterocycles. The first-order chi connectivity index (χ1) is 12.1. The van der Waals surface area contributed by atoms with Crippen molar-refractivity contribution in [2.75, 3.05) is 5.32 Å². The second-order valence-corrected chi connectivity index (χ2v) is 5.80. The average Bonchev–Trinajstić information content (AvgIpc) is 3.15. The Labute approximate surface area is 149 Å². The number of halogens is 1. The van der Waals surface area contributed by atoms with Crippen molar-refractivity contribution in [3.05, 3.63) is 71.8 Å². The fourth-order valence-electron chi connectivity index (χ4n) is 2.27. The van der Waals surface area contributed by atoms with E-state index in [1.54, 1.807) is 47.4 Å². The van der Waals surface area contributed by atoms with Gasteiger partial charge in [0.05, 0.1) is 5.69 Å². The van der Waals surface area contributed by atoms with E-state index in [0.29, 0.717) is 16.3 Å². The van der Waals surface area contributed by atoms with Crippen LogP contribution >= 0.6 is 11.6 Å². The molecule has 1 N–H and O–H groups in total. The highest BCUT2D eigenvalue weighted by Gasteiger charge is 2.10. The number of carbonyl (C=O) groups is 2. The van der Waals surface area contributed by atoms with Crippen LogP contribution in [-0.4, -0.2) is 26.5 Å². The Morgan fingerprint density at radius 1 is 1.00 bits per heavy atom. The molecule has 0 fully saturated rings. The van der Waals surface area contributed by atoms with Gasteiger partial charge >= 0.3 is 0 Å². The first-order valence-electron chi connectivity index (χ1n) is 7.65. The Kier molecular flexibility index (Phi) is 5.20. The summed E-state index contributed by atoms with van der Waals surface area (Å²) >= 11 is 5.79. The van der Waals surface area contributed by atoms with Gasteiger partial charge in [0.2, 0.25) is 5.91 Å². The lowest BCUT2D eigenvalue weighted by molar-refractivity contribution is -0.116. The average molecular weight is 355 g/mol. The molecule has 25 heavy (non-hydrogen) atoms. The lowest BCUT2D eigenvalue weighted by Gasteiger charge is -2.06. The van der Waals surface area contributed by atoms with Crippen molar-refractivity contribution >= 4 is 29.0 Å². The van der Waals surface area contributed by atoms with Gasteiger partial charge in [-0.1, -0.05) is 11.6 Å². The normalized spacial score (nSPS) is 10.4. The molecule has 7 heteroatoms. The number of ketones is 1. The Hall–Kier alpha value is -2.99. The van der Waals surface area contributed by atoms with Gasteiger partial charge in [0, 0.05) is 29.1 Å². The number of hydrogen-bond acceptors (Lipinski definition) is 4. The number of benzene rings is 2. The summed E-state index contributed by atoms with van der Waals surface area (Å²) in [7, 11) is 0. The molecule has 1 heterocycles. The predicted octanol–water partition coefficient (Wildman–Crippen LogP) is 3.52. The van der Waals surface area contributed by atoms with E-state index in [2.05, 4.69) is 15.4 Å². The van der Waals surface area contributed by atoms with E-state index in [1.165, 1.54) is 6.33 Å². The summed E-state index contributed by atoms with van der Waals surface area (Å²) in [6, 6.07) is 13.8. The van der Waals surface area contributed by atoms with Crippen LogP contribution in [0.4, 0.5) is 5.69 Å². The molecule has 3 aromatic rings. The van der Waals surface area contributed by atoms with Crippen LogP contribution in [0.5, 0.6) is 0 Å². The third-order valence-electron chi connectivity index (χ3n) is 3.58. The minimum absolute atomic E-state index is 0.0895. The monoisotopic (exact) mass is 354 g/mol. The quantitative estimate of drug-likeness (QED) is 0.687. The fourth-order valence-corrected chi connectivity index (χ4v) is 2.40. The molecular weight excluding hydrogens is 340 g/mol. The van der Waals surface area contributed by atoms with Gasteiger partial charge < -0.3 is 5.32 Å². The molecule has 1 amide bonds. The van der Waals surface area contributed by atoms with Gasteiger partial charge in [-0.2, -0.15) is 5.10 Å². The number of nitrogens with one attached hydrogen (secondary N) is 1. The number of anilines is 1. The van der Waals surface area contributed by atoms with Crippen molar-refractivity contribution in [1.82, 2.24) is 14.8 Å². The first-order valence-corrected chi connectivity index (χ1v) is 8.03. The van der Waals surface area contributed by atoms with E-state index < -0.39 is 0 Å². The van der Waals surface area contributed by atoms with Crippen LogP contribution in [0.1, 0.15) is 23.2 Å². The second kappa shape index (κ2) is 7.72. The molecule has 0 aliphatic carbocycles. The third-order valence-corrected chi connectivity index (χ3v) is 3.83. The highest BCUT2D eigenvalue weighted by Crippen LogP contribution is 2.14. The van der Waals surface area contributed by atoms with E-state index in [9.17, 15) is 9.59 Å². The zero-order chi connectivity index (χ0) is 17.6. The Bertz CT molecular complexity index is 859. The van der Waals surface area contributed by atoms with Crippen LogP contribution in [-0.2, 0) is 4.79 Å². The zero-order valence-corrected chi connectivity index (χ0v) is 14.0. The molecule has 0 saturated carbocycles. The number of carbonyl (C=O) groups excluding carboxylic acids is 2. The molecule has 0 aliphatic rings. The lowest BCUT2D eigenvalue weighted by atomic mass is 10.1. The largest absolute Gasteiger partial charge is 0.326 e. The molecule has 0 radical (unpaired) electrons. The van der Waals surface area contributed by atoms with Gasteiger partial charge in [0.15, 0.2) is 5.78 Å². The lowest BCUT2D eigenvalue weighted by Crippen LogP contribution is -2.13. The summed E-state index contributed by atoms with van der Waals surface area (Å²) in [4.78, 5) is 27.9. The van der Waals surface area contributed by atoms with Crippen LogP contribution < -0.4 is 5.32 Å². The molecule has 0 atom stereocenters. The number of rotatable bonds is 6. The summed E-state index contributed by atoms with van der Waals surface area (Å²) < 4.78 is 1.62. The summed E-state index contributed by atoms with van der Waals surface area (Å²) in [6.45, 7) is 0. The molecule has 0 unspecified atom stereocenters. The topological polar surface area (TPSA) is 76.9 Å². The van der Waals surface area contributed by atoms with Gasteiger partial charge in [-0.15, -0.1) is 0 Å². The number of amides is 1. The Morgan fingerprint density at radius 3 is 2.36 bits per heavy atom. The first kappa shape index (κ1) is 16.9. The molecule has 3 rings (SSSR count). The van der Waals surface area contributed by atoms with E-state index in [-0.39, 0.29) is 24.5 Å². The van der Waals surface area contributed by atoms with Gasteiger partial charge in [0.1, 0.15) is 12.7 Å². The molecule has 1 aromatic heterocycles. The molecule has 0 aliphatic heterocycles. The van der Waals surface area contributed by atoms with Crippen molar-refractivity contribution in [3.8, 4) is 5.69 Å². The molecule has 6 nitrogen and oxygen atoms in total. The molecular formula is C18H15ClN4O2. The van der Waals surface area contributed by atoms with Crippen molar-refractivity contribution in [2.45, 2.75) is 12.8 Å². The highest BCUT2D eigenvalue weighted by molar-refractivity contribution is 6.30. The standard InChI is InChI=1S/C18H15ClN4O2/c19-14-3-1-13(2-4-14)17(24)9-10-18(25)22-15-5-7-16(8-6-15)23-12-20-11-21-23/h1-8,11-12H,9-10H2,(H,22,25). The minimum Gasteiger partial charge on any atom is -0.326 e. The number of hydrogen-bond donors (Lipinski definition) is 1.